The van der Waals surface area contributed by atoms with E-state index in [0.717, 1.165) is 39.0 Å². The fourth-order valence-corrected chi connectivity index (χ4v) is 10.8. The van der Waals surface area contributed by atoms with Gasteiger partial charge in [-0.05, 0) is 103 Å². The summed E-state index contributed by atoms with van der Waals surface area (Å²) < 4.78 is 6.57. The summed E-state index contributed by atoms with van der Waals surface area (Å²) in [5.41, 5.74) is 19.6. The fourth-order valence-electron chi connectivity index (χ4n) is 10.8. The van der Waals surface area contributed by atoms with Crippen LogP contribution >= 0.6 is 0 Å². The average molecular weight is 768 g/mol. The minimum atomic E-state index is -0.556. The average Bonchev–Trinajstić information content (AvgIpc) is 3.83. The van der Waals surface area contributed by atoms with Crippen molar-refractivity contribution in [3.05, 3.63) is 246 Å². The monoisotopic (exact) mass is 767 g/mol. The molecule has 2 nitrogen and oxygen atoms in total. The van der Waals surface area contributed by atoms with E-state index in [1.165, 1.54) is 66.8 Å². The van der Waals surface area contributed by atoms with Crippen molar-refractivity contribution >= 4 is 39.0 Å². The molecule has 0 amide bonds. The van der Waals surface area contributed by atoms with Crippen LogP contribution in [-0.2, 0) is 10.8 Å². The van der Waals surface area contributed by atoms with Gasteiger partial charge in [0.2, 0.25) is 0 Å². The predicted octanol–water partition coefficient (Wildman–Crippen LogP) is 15.4. The molecule has 0 saturated carbocycles. The third-order valence-electron chi connectivity index (χ3n) is 13.3. The van der Waals surface area contributed by atoms with Gasteiger partial charge < -0.3 is 9.32 Å². The smallest absolute Gasteiger partial charge is 0.137 e. The Bertz CT molecular complexity index is 3280. The first-order valence-corrected chi connectivity index (χ1v) is 20.9. The molecule has 1 atom stereocenters. The maximum absolute atomic E-state index is 6.57. The van der Waals surface area contributed by atoms with Crippen LogP contribution in [0.25, 0.3) is 55.3 Å². The lowest BCUT2D eigenvalue weighted by Gasteiger charge is -2.48. The number of furan rings is 1. The van der Waals surface area contributed by atoms with Crippen LogP contribution in [0.2, 0.25) is 0 Å². The summed E-state index contributed by atoms with van der Waals surface area (Å²) in [6, 6.07) is 78.0. The molecule has 0 bridgehead atoms. The lowest BCUT2D eigenvalue weighted by molar-refractivity contribution is 0.564. The minimum Gasteiger partial charge on any atom is -0.456 e. The summed E-state index contributed by atoms with van der Waals surface area (Å²) >= 11 is 0. The van der Waals surface area contributed by atoms with Gasteiger partial charge in [0, 0.05) is 33.6 Å². The number of fused-ring (bicyclic) bond motifs is 12. The normalized spacial score (nSPS) is 15.7. The number of hydrogen-bond acceptors (Lipinski definition) is 2. The Morgan fingerprint density at radius 1 is 0.383 bits per heavy atom. The number of rotatable bonds is 5. The maximum Gasteiger partial charge on any atom is 0.137 e. The molecule has 0 N–H and O–H groups in total. The molecule has 284 valence electrons. The molecule has 9 aromatic carbocycles. The Labute approximate surface area is 350 Å². The van der Waals surface area contributed by atoms with Crippen LogP contribution in [0.1, 0.15) is 47.2 Å². The summed E-state index contributed by atoms with van der Waals surface area (Å²) in [5.74, 6) is 0. The highest BCUT2D eigenvalue weighted by atomic mass is 16.3. The van der Waals surface area contributed by atoms with Gasteiger partial charge in [0.1, 0.15) is 11.2 Å². The second-order valence-electron chi connectivity index (χ2n) is 16.8. The third-order valence-corrected chi connectivity index (χ3v) is 13.3. The SMILES string of the molecule is CC1(C)c2ccccc2C2(c3ccccc3-c3c(-c4ccccc4)cccc32)c2cccc(N(c3ccc(-c4ccccc4)cc3)c3ccc4c(c3)oc3ccccc34)c21. The first kappa shape index (κ1) is 34.6. The lowest BCUT2D eigenvalue weighted by Crippen LogP contribution is -2.41. The Morgan fingerprint density at radius 2 is 0.950 bits per heavy atom. The van der Waals surface area contributed by atoms with Gasteiger partial charge in [0.25, 0.3) is 0 Å². The van der Waals surface area contributed by atoms with Gasteiger partial charge in [0.05, 0.1) is 11.1 Å². The molecule has 1 heterocycles. The zero-order chi connectivity index (χ0) is 40.0. The molecule has 0 aliphatic heterocycles. The fraction of sp³-hybridized carbons (Fsp3) is 0.0690. The van der Waals surface area contributed by atoms with Gasteiger partial charge in [0.15, 0.2) is 0 Å². The predicted molar refractivity (Wildman–Crippen MR) is 249 cm³/mol. The molecule has 1 unspecified atom stereocenters. The summed E-state index contributed by atoms with van der Waals surface area (Å²) in [7, 11) is 0. The Hall–Kier alpha value is -7.42. The van der Waals surface area contributed by atoms with Crippen LogP contribution in [0.4, 0.5) is 17.1 Å². The molecule has 2 aliphatic rings. The molecule has 12 rings (SSSR count). The van der Waals surface area contributed by atoms with Gasteiger partial charge in [-0.2, -0.15) is 0 Å². The highest BCUT2D eigenvalue weighted by molar-refractivity contribution is 6.06. The van der Waals surface area contributed by atoms with Crippen molar-refractivity contribution in [2.24, 2.45) is 0 Å². The highest BCUT2D eigenvalue weighted by Gasteiger charge is 2.54. The third kappa shape index (κ3) is 4.82. The van der Waals surface area contributed by atoms with Crippen LogP contribution < -0.4 is 4.90 Å². The van der Waals surface area contributed by atoms with E-state index in [-0.39, 0.29) is 5.41 Å². The Morgan fingerprint density at radius 3 is 1.75 bits per heavy atom. The summed E-state index contributed by atoms with van der Waals surface area (Å²) in [4.78, 5) is 2.46. The lowest BCUT2D eigenvalue weighted by atomic mass is 9.55. The van der Waals surface area contributed by atoms with E-state index in [1.807, 2.05) is 6.07 Å². The quantitative estimate of drug-likeness (QED) is 0.173. The Balaban J connectivity index is 1.16. The summed E-state index contributed by atoms with van der Waals surface area (Å²) in [6.45, 7) is 4.84. The largest absolute Gasteiger partial charge is 0.456 e. The van der Waals surface area contributed by atoms with E-state index in [2.05, 4.69) is 225 Å². The molecular weight excluding hydrogens is 727 g/mol. The summed E-state index contributed by atoms with van der Waals surface area (Å²) in [5, 5.41) is 2.24. The van der Waals surface area contributed by atoms with Crippen molar-refractivity contribution in [1.29, 1.82) is 0 Å². The van der Waals surface area contributed by atoms with Crippen molar-refractivity contribution in [2.45, 2.75) is 24.7 Å². The van der Waals surface area contributed by atoms with Crippen molar-refractivity contribution in [3.63, 3.8) is 0 Å². The van der Waals surface area contributed by atoms with E-state index >= 15 is 0 Å². The van der Waals surface area contributed by atoms with E-state index in [4.69, 9.17) is 4.42 Å². The molecule has 60 heavy (non-hydrogen) atoms. The van der Waals surface area contributed by atoms with E-state index in [0.29, 0.717) is 0 Å². The number of anilines is 3. The molecule has 0 fully saturated rings. The minimum absolute atomic E-state index is 0.367. The van der Waals surface area contributed by atoms with Crippen LogP contribution in [0.15, 0.2) is 217 Å². The van der Waals surface area contributed by atoms with Crippen LogP contribution in [0.5, 0.6) is 0 Å². The molecule has 2 heteroatoms. The van der Waals surface area contributed by atoms with Crippen LogP contribution in [0.3, 0.4) is 0 Å². The van der Waals surface area contributed by atoms with Gasteiger partial charge in [-0.15, -0.1) is 0 Å². The molecule has 1 spiro atoms. The number of para-hydroxylation sites is 1. The maximum atomic E-state index is 6.57. The zero-order valence-electron chi connectivity index (χ0n) is 33.6. The number of nitrogens with zero attached hydrogens (tertiary/aromatic N) is 1. The van der Waals surface area contributed by atoms with Crippen LogP contribution in [-0.4, -0.2) is 0 Å². The molecule has 0 radical (unpaired) electrons. The standard InChI is InChI=1S/C58H41NO/c1-57(2)48-25-12-13-26-49(48)58(47-24-11-9-22-46(47)55-43(23-15-27-50(55)58)40-19-7-4-8-20-40)51-28-16-29-52(56(51)57)59(41-33-31-39(32-34-41)38-17-5-3-6-18-38)42-35-36-45-44-21-10-14-30-53(44)60-54(45)37-42/h3-37H,1-2H3. The molecular formula is C58H41NO. The Kier molecular flexibility index (Phi) is 7.52. The number of hydrogen-bond donors (Lipinski definition) is 0. The molecule has 10 aromatic rings. The van der Waals surface area contributed by atoms with Crippen molar-refractivity contribution < 1.29 is 4.42 Å². The van der Waals surface area contributed by atoms with Gasteiger partial charge in [-0.3, -0.25) is 0 Å². The van der Waals surface area contributed by atoms with E-state index in [9.17, 15) is 0 Å². The first-order valence-electron chi connectivity index (χ1n) is 20.9. The van der Waals surface area contributed by atoms with Gasteiger partial charge in [-0.1, -0.05) is 184 Å². The van der Waals surface area contributed by atoms with Gasteiger partial charge in [-0.25, -0.2) is 0 Å². The molecule has 0 saturated heterocycles. The topological polar surface area (TPSA) is 16.4 Å². The highest BCUT2D eigenvalue weighted by Crippen LogP contribution is 2.65. The van der Waals surface area contributed by atoms with Crippen molar-refractivity contribution in [2.75, 3.05) is 4.90 Å². The van der Waals surface area contributed by atoms with Crippen molar-refractivity contribution in [1.82, 2.24) is 0 Å². The zero-order valence-corrected chi connectivity index (χ0v) is 33.6. The number of benzene rings is 9. The van der Waals surface area contributed by atoms with Crippen molar-refractivity contribution in [3.8, 4) is 33.4 Å². The second-order valence-corrected chi connectivity index (χ2v) is 16.8. The van der Waals surface area contributed by atoms with Gasteiger partial charge >= 0.3 is 0 Å². The van der Waals surface area contributed by atoms with E-state index in [1.54, 1.807) is 0 Å². The van der Waals surface area contributed by atoms with E-state index < -0.39 is 5.41 Å². The second kappa shape index (κ2) is 13.0. The molecule has 1 aromatic heterocycles. The molecule has 2 aliphatic carbocycles. The summed E-state index contributed by atoms with van der Waals surface area (Å²) in [6.07, 6.45) is 0. The van der Waals surface area contributed by atoms with Crippen LogP contribution in [0, 0.1) is 0 Å². The first-order chi connectivity index (χ1) is 29.5.